The number of aliphatic hydroxyl groups excluding tert-OH is 7. The van der Waals surface area contributed by atoms with Crippen LogP contribution < -0.4 is 5.32 Å². The van der Waals surface area contributed by atoms with Crippen molar-refractivity contribution in [1.82, 2.24) is 5.32 Å². The molecule has 0 spiro atoms. The Bertz CT molecular complexity index is 1200. The molecule has 1 aliphatic heterocycles. The van der Waals surface area contributed by atoms with Crippen molar-refractivity contribution < 1.29 is 50.0 Å². The monoisotopic (exact) mass is 966 g/mol. The average Bonchev–Trinajstić information content (AvgIpc) is 3.34. The zero-order valence-corrected chi connectivity index (χ0v) is 43.6. The second-order valence-corrected chi connectivity index (χ2v) is 20.0. The predicted molar refractivity (Wildman–Crippen MR) is 279 cm³/mol. The van der Waals surface area contributed by atoms with Crippen LogP contribution in [0.1, 0.15) is 251 Å². The van der Waals surface area contributed by atoms with Crippen molar-refractivity contribution in [3.63, 3.8) is 0 Å². The van der Waals surface area contributed by atoms with Crippen molar-refractivity contribution in [2.75, 3.05) is 13.2 Å². The van der Waals surface area contributed by atoms with E-state index in [0.717, 1.165) is 51.4 Å². The molecule has 1 amide bonds. The summed E-state index contributed by atoms with van der Waals surface area (Å²) in [5.41, 5.74) is 0. The van der Waals surface area contributed by atoms with E-state index in [4.69, 9.17) is 9.47 Å². The number of nitrogens with one attached hydrogen (secondary N) is 1. The van der Waals surface area contributed by atoms with E-state index in [2.05, 4.69) is 55.6 Å². The number of rotatable bonds is 48. The highest BCUT2D eigenvalue weighted by Crippen LogP contribution is 2.23. The summed E-state index contributed by atoms with van der Waals surface area (Å²) < 4.78 is 11.1. The summed E-state index contributed by atoms with van der Waals surface area (Å²) in [7, 11) is 0. The van der Waals surface area contributed by atoms with Crippen molar-refractivity contribution in [3.8, 4) is 0 Å². The molecule has 0 bridgehead atoms. The lowest BCUT2D eigenvalue weighted by Gasteiger charge is -2.40. The van der Waals surface area contributed by atoms with Crippen LogP contribution in [0.15, 0.2) is 36.5 Å². The zero-order chi connectivity index (χ0) is 49.7. The molecule has 1 fully saturated rings. The Balaban J connectivity index is 2.34. The Morgan fingerprint density at radius 1 is 0.515 bits per heavy atom. The molecule has 11 nitrogen and oxygen atoms in total. The van der Waals surface area contributed by atoms with Gasteiger partial charge in [0.05, 0.1) is 25.4 Å². The fourth-order valence-electron chi connectivity index (χ4n) is 9.00. The van der Waals surface area contributed by atoms with Gasteiger partial charge in [-0.2, -0.15) is 0 Å². The molecule has 0 aliphatic carbocycles. The number of carbonyl (C=O) groups is 1. The Morgan fingerprint density at radius 2 is 0.912 bits per heavy atom. The summed E-state index contributed by atoms with van der Waals surface area (Å²) in [6.45, 7) is 3.45. The molecule has 1 saturated heterocycles. The van der Waals surface area contributed by atoms with E-state index in [-0.39, 0.29) is 12.8 Å². The first-order chi connectivity index (χ1) is 33.2. The summed E-state index contributed by atoms with van der Waals surface area (Å²) >= 11 is 0. The lowest BCUT2D eigenvalue weighted by Crippen LogP contribution is -2.60. The van der Waals surface area contributed by atoms with Gasteiger partial charge in [0.1, 0.15) is 36.6 Å². The molecule has 0 aromatic heterocycles. The maximum atomic E-state index is 13.2. The van der Waals surface area contributed by atoms with Crippen LogP contribution in [0, 0.1) is 0 Å². The molecule has 1 rings (SSSR count). The van der Waals surface area contributed by atoms with Crippen LogP contribution in [0.3, 0.4) is 0 Å². The first-order valence-corrected chi connectivity index (χ1v) is 28.4. The standard InChI is InChI=1S/C57H107NO10/c1-3-5-7-9-11-13-15-17-19-21-22-23-24-25-26-27-29-31-33-35-37-39-41-43-45-50(61)56(66)58-48(47-67-57-55(65)54(64)53(63)51(46-59)68-57)52(62)49(60)44-42-40-38-36-34-32-30-28-20-18-16-14-12-10-8-6-4-2/h22-23,25-26,36,38,48-55,57,59-65H,3-21,24,27-35,37,39-47H2,1-2H3,(H,58,66)/b23-22-,26-25-,38-36+. The van der Waals surface area contributed by atoms with E-state index in [1.165, 1.54) is 161 Å². The summed E-state index contributed by atoms with van der Waals surface area (Å²) in [5, 5.41) is 76.0. The van der Waals surface area contributed by atoms with Gasteiger partial charge in [0.25, 0.3) is 0 Å². The third-order valence-electron chi connectivity index (χ3n) is 13.7. The molecule has 68 heavy (non-hydrogen) atoms. The second kappa shape index (κ2) is 46.4. The minimum atomic E-state index is -1.67. The second-order valence-electron chi connectivity index (χ2n) is 20.0. The Hall–Kier alpha value is -1.67. The van der Waals surface area contributed by atoms with Crippen LogP contribution in [0.25, 0.3) is 0 Å². The predicted octanol–water partition coefficient (Wildman–Crippen LogP) is 11.5. The normalized spacial score (nSPS) is 20.8. The maximum absolute atomic E-state index is 13.2. The molecule has 0 aromatic carbocycles. The topological polar surface area (TPSA) is 189 Å². The number of ether oxygens (including phenoxy) is 2. The van der Waals surface area contributed by atoms with E-state index < -0.39 is 74.2 Å². The van der Waals surface area contributed by atoms with Crippen LogP contribution in [0.5, 0.6) is 0 Å². The Morgan fingerprint density at radius 3 is 1.35 bits per heavy atom. The highest BCUT2D eigenvalue weighted by molar-refractivity contribution is 5.80. The van der Waals surface area contributed by atoms with Gasteiger partial charge >= 0.3 is 0 Å². The average molecular weight is 966 g/mol. The van der Waals surface area contributed by atoms with Crippen molar-refractivity contribution in [2.45, 2.75) is 306 Å². The summed E-state index contributed by atoms with van der Waals surface area (Å²) in [6.07, 6.45) is 44.8. The van der Waals surface area contributed by atoms with Crippen LogP contribution in [0.4, 0.5) is 0 Å². The van der Waals surface area contributed by atoms with E-state index in [9.17, 15) is 40.5 Å². The largest absolute Gasteiger partial charge is 0.394 e. The maximum Gasteiger partial charge on any atom is 0.249 e. The van der Waals surface area contributed by atoms with Gasteiger partial charge in [-0.1, -0.05) is 217 Å². The Kier molecular flexibility index (Phi) is 43.9. The van der Waals surface area contributed by atoms with Crippen LogP contribution in [-0.4, -0.2) is 110 Å². The quantitative estimate of drug-likeness (QED) is 0.0215. The van der Waals surface area contributed by atoms with Gasteiger partial charge in [-0.05, 0) is 70.6 Å². The summed E-state index contributed by atoms with van der Waals surface area (Å²) in [6, 6.07) is -1.19. The van der Waals surface area contributed by atoms with Crippen molar-refractivity contribution in [3.05, 3.63) is 36.5 Å². The lowest BCUT2D eigenvalue weighted by molar-refractivity contribution is -0.303. The summed E-state index contributed by atoms with van der Waals surface area (Å²) in [4.78, 5) is 13.2. The fraction of sp³-hybridized carbons (Fsp3) is 0.877. The number of unbranched alkanes of at least 4 members (excludes halogenated alkanes) is 30. The molecule has 1 aliphatic rings. The minimum Gasteiger partial charge on any atom is -0.394 e. The van der Waals surface area contributed by atoms with Gasteiger partial charge in [0, 0.05) is 0 Å². The molecule has 0 saturated carbocycles. The zero-order valence-electron chi connectivity index (χ0n) is 43.6. The molecule has 0 radical (unpaired) electrons. The van der Waals surface area contributed by atoms with Crippen LogP contribution in [-0.2, 0) is 14.3 Å². The fourth-order valence-corrected chi connectivity index (χ4v) is 9.00. The van der Waals surface area contributed by atoms with Crippen LogP contribution in [0.2, 0.25) is 0 Å². The molecule has 400 valence electrons. The molecular weight excluding hydrogens is 859 g/mol. The number of allylic oxidation sites excluding steroid dienone is 6. The SMILES string of the molecule is CCCCCCCCCCC/C=C\C/C=C\CCCCCCCCCCC(O)C(=O)NC(COC1OC(CO)C(O)C(O)C1O)C(O)C(O)CCC/C=C/CCCCCCCCCCCCCC. The number of carbonyl (C=O) groups excluding carboxylic acids is 1. The molecular formula is C57H107NO10. The number of aliphatic hydroxyl groups is 7. The Labute approximate surface area is 416 Å². The first-order valence-electron chi connectivity index (χ1n) is 28.4. The molecule has 8 N–H and O–H groups in total. The molecule has 9 atom stereocenters. The van der Waals surface area contributed by atoms with Gasteiger partial charge in [-0.25, -0.2) is 0 Å². The molecule has 9 unspecified atom stereocenters. The number of hydrogen-bond donors (Lipinski definition) is 8. The third-order valence-corrected chi connectivity index (χ3v) is 13.7. The number of amides is 1. The lowest BCUT2D eigenvalue weighted by atomic mass is 9.98. The van der Waals surface area contributed by atoms with Gasteiger partial charge in [-0.15, -0.1) is 0 Å². The number of hydrogen-bond acceptors (Lipinski definition) is 10. The summed E-state index contributed by atoms with van der Waals surface area (Å²) in [5.74, 6) is -0.710. The first kappa shape index (κ1) is 64.3. The molecule has 11 heteroatoms. The van der Waals surface area contributed by atoms with Gasteiger partial charge in [-0.3, -0.25) is 4.79 Å². The third kappa shape index (κ3) is 34.6. The minimum absolute atomic E-state index is 0.247. The highest BCUT2D eigenvalue weighted by atomic mass is 16.7. The van der Waals surface area contributed by atoms with E-state index in [1.54, 1.807) is 0 Å². The molecule has 0 aromatic rings. The molecule has 1 heterocycles. The van der Waals surface area contributed by atoms with E-state index in [0.29, 0.717) is 12.8 Å². The van der Waals surface area contributed by atoms with Gasteiger partial charge in [0.2, 0.25) is 5.91 Å². The van der Waals surface area contributed by atoms with Crippen molar-refractivity contribution in [1.29, 1.82) is 0 Å². The van der Waals surface area contributed by atoms with Gasteiger partial charge in [0.15, 0.2) is 6.29 Å². The van der Waals surface area contributed by atoms with E-state index >= 15 is 0 Å². The van der Waals surface area contributed by atoms with Crippen molar-refractivity contribution >= 4 is 5.91 Å². The van der Waals surface area contributed by atoms with Crippen LogP contribution >= 0.6 is 0 Å². The van der Waals surface area contributed by atoms with E-state index in [1.807, 2.05) is 0 Å². The van der Waals surface area contributed by atoms with Gasteiger partial charge < -0.3 is 50.5 Å². The highest BCUT2D eigenvalue weighted by Gasteiger charge is 2.44. The van der Waals surface area contributed by atoms with Crippen molar-refractivity contribution in [2.24, 2.45) is 0 Å². The smallest absolute Gasteiger partial charge is 0.249 e.